The number of guanidine groups is 1. The summed E-state index contributed by atoms with van der Waals surface area (Å²) >= 11 is 0. The monoisotopic (exact) mass is 311 g/mol. The number of rotatable bonds is 4. The van der Waals surface area contributed by atoms with Crippen molar-refractivity contribution in [3.05, 3.63) is 29.8 Å². The van der Waals surface area contributed by atoms with Crippen molar-refractivity contribution in [1.82, 2.24) is 10.6 Å². The summed E-state index contributed by atoms with van der Waals surface area (Å²) < 4.78 is 22.8. The third-order valence-corrected chi connectivity index (χ3v) is 3.90. The van der Waals surface area contributed by atoms with Gasteiger partial charge in [-0.3, -0.25) is 4.99 Å². The maximum absolute atomic E-state index is 11.4. The molecule has 1 rings (SSSR count). The SMILES string of the molecule is CN=C(NCCc1ccc(S(C)(=O)=O)cc1)NC(C)(C)C. The van der Waals surface area contributed by atoms with Crippen LogP contribution in [0.4, 0.5) is 0 Å². The van der Waals surface area contributed by atoms with E-state index in [2.05, 4.69) is 36.4 Å². The zero-order valence-electron chi connectivity index (χ0n) is 13.4. The van der Waals surface area contributed by atoms with E-state index in [9.17, 15) is 8.42 Å². The summed E-state index contributed by atoms with van der Waals surface area (Å²) in [5, 5.41) is 6.52. The van der Waals surface area contributed by atoms with E-state index in [1.54, 1.807) is 19.2 Å². The first-order valence-corrected chi connectivity index (χ1v) is 8.79. The van der Waals surface area contributed by atoms with Gasteiger partial charge < -0.3 is 10.6 Å². The Labute approximate surface area is 127 Å². The van der Waals surface area contributed by atoms with Crippen molar-refractivity contribution in [3.8, 4) is 0 Å². The molecule has 0 radical (unpaired) electrons. The smallest absolute Gasteiger partial charge is 0.191 e. The predicted octanol–water partition coefficient (Wildman–Crippen LogP) is 1.60. The van der Waals surface area contributed by atoms with Gasteiger partial charge in [0.15, 0.2) is 15.8 Å². The molecule has 0 saturated heterocycles. The molecular formula is C15H25N3O2S. The first-order chi connectivity index (χ1) is 9.62. The van der Waals surface area contributed by atoms with Crippen LogP contribution in [0.2, 0.25) is 0 Å². The Balaban J connectivity index is 2.53. The zero-order chi connectivity index (χ0) is 16.1. The fraction of sp³-hybridized carbons (Fsp3) is 0.533. The van der Waals surface area contributed by atoms with E-state index in [-0.39, 0.29) is 5.54 Å². The zero-order valence-corrected chi connectivity index (χ0v) is 14.2. The molecule has 6 heteroatoms. The number of benzene rings is 1. The lowest BCUT2D eigenvalue weighted by atomic mass is 10.1. The molecule has 5 nitrogen and oxygen atoms in total. The molecule has 0 fully saturated rings. The molecule has 2 N–H and O–H groups in total. The lowest BCUT2D eigenvalue weighted by molar-refractivity contribution is 0.501. The second-order valence-electron chi connectivity index (χ2n) is 6.04. The second kappa shape index (κ2) is 6.93. The summed E-state index contributed by atoms with van der Waals surface area (Å²) in [6.07, 6.45) is 2.01. The van der Waals surface area contributed by atoms with Crippen LogP contribution in [0.15, 0.2) is 34.2 Å². The molecule has 0 aliphatic heterocycles. The average Bonchev–Trinajstić information content (AvgIpc) is 2.35. The lowest BCUT2D eigenvalue weighted by Crippen LogP contribution is -2.48. The molecule has 0 bridgehead atoms. The van der Waals surface area contributed by atoms with Gasteiger partial charge in [-0.05, 0) is 44.9 Å². The number of sulfone groups is 1. The summed E-state index contributed by atoms with van der Waals surface area (Å²) in [4.78, 5) is 4.52. The first-order valence-electron chi connectivity index (χ1n) is 6.90. The van der Waals surface area contributed by atoms with Crippen LogP contribution in [-0.2, 0) is 16.3 Å². The molecule has 0 saturated carbocycles. The van der Waals surface area contributed by atoms with E-state index in [1.807, 2.05) is 12.1 Å². The third-order valence-electron chi connectivity index (χ3n) is 2.77. The van der Waals surface area contributed by atoms with Crippen molar-refractivity contribution in [1.29, 1.82) is 0 Å². The Kier molecular flexibility index (Phi) is 5.78. The first kappa shape index (κ1) is 17.5. The van der Waals surface area contributed by atoms with Crippen molar-refractivity contribution in [3.63, 3.8) is 0 Å². The Morgan fingerprint density at radius 1 is 1.19 bits per heavy atom. The van der Waals surface area contributed by atoms with Gasteiger partial charge in [-0.25, -0.2) is 8.42 Å². The molecule has 1 aromatic rings. The van der Waals surface area contributed by atoms with Gasteiger partial charge in [0.1, 0.15) is 0 Å². The molecule has 0 unspecified atom stereocenters. The van der Waals surface area contributed by atoms with Gasteiger partial charge >= 0.3 is 0 Å². The summed E-state index contributed by atoms with van der Waals surface area (Å²) in [5.41, 5.74) is 1.04. The summed E-state index contributed by atoms with van der Waals surface area (Å²) in [5.74, 6) is 0.759. The van der Waals surface area contributed by atoms with Gasteiger partial charge in [-0.2, -0.15) is 0 Å². The van der Waals surface area contributed by atoms with E-state index >= 15 is 0 Å². The Morgan fingerprint density at radius 3 is 2.19 bits per heavy atom. The quantitative estimate of drug-likeness (QED) is 0.654. The highest BCUT2D eigenvalue weighted by Crippen LogP contribution is 2.10. The van der Waals surface area contributed by atoms with Crippen LogP contribution in [0.1, 0.15) is 26.3 Å². The molecule has 1 aromatic carbocycles. The van der Waals surface area contributed by atoms with E-state index in [4.69, 9.17) is 0 Å². The maximum atomic E-state index is 11.4. The molecule has 0 atom stereocenters. The van der Waals surface area contributed by atoms with Gasteiger partial charge in [0.2, 0.25) is 0 Å². The fourth-order valence-electron chi connectivity index (χ4n) is 1.76. The van der Waals surface area contributed by atoms with Gasteiger partial charge in [-0.15, -0.1) is 0 Å². The fourth-order valence-corrected chi connectivity index (χ4v) is 2.39. The molecule has 0 amide bonds. The van der Waals surface area contributed by atoms with Gasteiger partial charge in [-0.1, -0.05) is 12.1 Å². The molecule has 0 spiro atoms. The minimum atomic E-state index is -3.12. The number of hydrogen-bond donors (Lipinski definition) is 2. The van der Waals surface area contributed by atoms with Crippen molar-refractivity contribution < 1.29 is 8.42 Å². The minimum absolute atomic E-state index is 0.0427. The highest BCUT2D eigenvalue weighted by molar-refractivity contribution is 7.90. The van der Waals surface area contributed by atoms with Gasteiger partial charge in [0, 0.05) is 25.4 Å². The average molecular weight is 311 g/mol. The lowest BCUT2D eigenvalue weighted by Gasteiger charge is -2.23. The van der Waals surface area contributed by atoms with Crippen LogP contribution in [0.25, 0.3) is 0 Å². The van der Waals surface area contributed by atoms with E-state index in [0.717, 1.165) is 24.5 Å². The minimum Gasteiger partial charge on any atom is -0.356 e. The molecular weight excluding hydrogens is 286 g/mol. The molecule has 21 heavy (non-hydrogen) atoms. The number of nitrogens with zero attached hydrogens (tertiary/aromatic N) is 1. The van der Waals surface area contributed by atoms with E-state index in [1.165, 1.54) is 6.26 Å². The Morgan fingerprint density at radius 2 is 1.76 bits per heavy atom. The molecule has 0 aliphatic rings. The summed E-state index contributed by atoms with van der Waals surface area (Å²) in [6, 6.07) is 6.98. The Hall–Kier alpha value is -1.56. The molecule has 0 aromatic heterocycles. The van der Waals surface area contributed by atoms with Crippen LogP contribution in [-0.4, -0.2) is 39.8 Å². The van der Waals surface area contributed by atoms with Crippen molar-refractivity contribution in [2.75, 3.05) is 19.8 Å². The van der Waals surface area contributed by atoms with Crippen molar-refractivity contribution in [2.45, 2.75) is 37.6 Å². The van der Waals surface area contributed by atoms with Crippen molar-refractivity contribution in [2.24, 2.45) is 4.99 Å². The van der Waals surface area contributed by atoms with E-state index in [0.29, 0.717) is 4.90 Å². The van der Waals surface area contributed by atoms with Crippen LogP contribution in [0.3, 0.4) is 0 Å². The summed E-state index contributed by atoms with van der Waals surface area (Å²) in [7, 11) is -1.38. The molecule has 118 valence electrons. The molecule has 0 heterocycles. The third kappa shape index (κ3) is 6.62. The van der Waals surface area contributed by atoms with E-state index < -0.39 is 9.84 Å². The maximum Gasteiger partial charge on any atom is 0.191 e. The highest BCUT2D eigenvalue weighted by atomic mass is 32.2. The molecule has 0 aliphatic carbocycles. The number of aliphatic imine (C=N–C) groups is 1. The van der Waals surface area contributed by atoms with Gasteiger partial charge in [0.25, 0.3) is 0 Å². The highest BCUT2D eigenvalue weighted by Gasteiger charge is 2.11. The van der Waals surface area contributed by atoms with Crippen LogP contribution in [0, 0.1) is 0 Å². The normalized spacial score (nSPS) is 13.1. The predicted molar refractivity (Wildman–Crippen MR) is 87.5 cm³/mol. The van der Waals surface area contributed by atoms with Crippen LogP contribution in [0.5, 0.6) is 0 Å². The second-order valence-corrected chi connectivity index (χ2v) is 8.06. The summed E-state index contributed by atoms with van der Waals surface area (Å²) in [6.45, 7) is 6.95. The van der Waals surface area contributed by atoms with Gasteiger partial charge in [0.05, 0.1) is 4.90 Å². The largest absolute Gasteiger partial charge is 0.356 e. The Bertz CT molecular complexity index is 584. The topological polar surface area (TPSA) is 70.6 Å². The van der Waals surface area contributed by atoms with Crippen LogP contribution >= 0.6 is 0 Å². The standard InChI is InChI=1S/C15H25N3O2S/c1-15(2,3)18-14(16-4)17-11-10-12-6-8-13(9-7-12)21(5,19)20/h6-9H,10-11H2,1-5H3,(H2,16,17,18). The number of hydrogen-bond acceptors (Lipinski definition) is 3. The number of nitrogens with one attached hydrogen (secondary N) is 2. The van der Waals surface area contributed by atoms with Crippen LogP contribution < -0.4 is 10.6 Å². The van der Waals surface area contributed by atoms with Crippen molar-refractivity contribution >= 4 is 15.8 Å².